The highest BCUT2D eigenvalue weighted by molar-refractivity contribution is 5.26. The van der Waals surface area contributed by atoms with Gasteiger partial charge in [-0.05, 0) is 31.0 Å². The van der Waals surface area contributed by atoms with Gasteiger partial charge in [0.1, 0.15) is 18.0 Å². The maximum Gasteiger partial charge on any atom is 0.138 e. The van der Waals surface area contributed by atoms with Gasteiger partial charge >= 0.3 is 0 Å². The van der Waals surface area contributed by atoms with Gasteiger partial charge < -0.3 is 0 Å². The summed E-state index contributed by atoms with van der Waals surface area (Å²) in [6, 6.07) is 4.94. The predicted octanol–water partition coefficient (Wildman–Crippen LogP) is 1.49. The first-order valence-corrected chi connectivity index (χ1v) is 6.24. The fourth-order valence-corrected chi connectivity index (χ4v) is 1.99. The number of rotatable bonds is 5. The van der Waals surface area contributed by atoms with Crippen LogP contribution in [0.4, 0.5) is 4.39 Å². The Kier molecular flexibility index (Phi) is 4.24. The lowest BCUT2D eigenvalue weighted by atomic mass is 10.0. The predicted molar refractivity (Wildman–Crippen MR) is 70.6 cm³/mol. The van der Waals surface area contributed by atoms with Crippen molar-refractivity contribution in [1.82, 2.24) is 20.2 Å². The van der Waals surface area contributed by atoms with Gasteiger partial charge in [0.05, 0.1) is 6.04 Å². The first kappa shape index (κ1) is 13.6. The quantitative estimate of drug-likeness (QED) is 0.633. The zero-order chi connectivity index (χ0) is 13.8. The third kappa shape index (κ3) is 2.97. The van der Waals surface area contributed by atoms with E-state index >= 15 is 0 Å². The summed E-state index contributed by atoms with van der Waals surface area (Å²) in [6.07, 6.45) is 2.08. The van der Waals surface area contributed by atoms with Crippen molar-refractivity contribution >= 4 is 0 Å². The van der Waals surface area contributed by atoms with Crippen molar-refractivity contribution < 1.29 is 4.39 Å². The number of hydrogen-bond acceptors (Lipinski definition) is 4. The minimum atomic E-state index is -0.227. The normalized spacial score (nSPS) is 12.6. The van der Waals surface area contributed by atoms with Gasteiger partial charge in [0.15, 0.2) is 0 Å². The molecule has 0 spiro atoms. The van der Waals surface area contributed by atoms with Crippen molar-refractivity contribution in [2.24, 2.45) is 5.84 Å². The number of aryl methyl sites for hydroxylation is 2. The molecule has 1 aromatic carbocycles. The largest absolute Gasteiger partial charge is 0.271 e. The first-order chi connectivity index (χ1) is 9.15. The van der Waals surface area contributed by atoms with Crippen LogP contribution in [-0.2, 0) is 13.0 Å². The average Bonchev–Trinajstić information content (AvgIpc) is 2.86. The molecule has 0 aliphatic carbocycles. The Bertz CT molecular complexity index is 552. The molecule has 2 rings (SSSR count). The molecule has 0 saturated heterocycles. The second-order valence-electron chi connectivity index (χ2n) is 4.42. The SMILES string of the molecule is CCn1ncnc1CC(NN)c1ccc(C)c(F)c1. The highest BCUT2D eigenvalue weighted by Crippen LogP contribution is 2.19. The molecule has 0 radical (unpaired) electrons. The van der Waals surface area contributed by atoms with Crippen LogP contribution in [0.2, 0.25) is 0 Å². The number of nitrogens with two attached hydrogens (primary N) is 1. The summed E-state index contributed by atoms with van der Waals surface area (Å²) in [4.78, 5) is 4.20. The van der Waals surface area contributed by atoms with Crippen molar-refractivity contribution in [3.63, 3.8) is 0 Å². The average molecular weight is 263 g/mol. The number of nitrogens with zero attached hydrogens (tertiary/aromatic N) is 3. The number of hydrazine groups is 1. The molecule has 0 fully saturated rings. The Morgan fingerprint density at radius 3 is 2.89 bits per heavy atom. The van der Waals surface area contributed by atoms with E-state index in [2.05, 4.69) is 15.5 Å². The van der Waals surface area contributed by atoms with Crippen molar-refractivity contribution in [2.45, 2.75) is 32.9 Å². The smallest absolute Gasteiger partial charge is 0.138 e. The van der Waals surface area contributed by atoms with Crippen molar-refractivity contribution in [3.05, 3.63) is 47.3 Å². The zero-order valence-corrected chi connectivity index (χ0v) is 11.1. The fourth-order valence-electron chi connectivity index (χ4n) is 1.99. The van der Waals surface area contributed by atoms with Gasteiger partial charge in [0.2, 0.25) is 0 Å². The van der Waals surface area contributed by atoms with Gasteiger partial charge in [-0.1, -0.05) is 12.1 Å². The topological polar surface area (TPSA) is 68.8 Å². The summed E-state index contributed by atoms with van der Waals surface area (Å²) in [5.74, 6) is 6.17. The maximum atomic E-state index is 13.6. The van der Waals surface area contributed by atoms with Crippen LogP contribution in [0.1, 0.15) is 29.9 Å². The number of nitrogens with one attached hydrogen (secondary N) is 1. The molecule has 102 valence electrons. The highest BCUT2D eigenvalue weighted by atomic mass is 19.1. The zero-order valence-electron chi connectivity index (χ0n) is 11.1. The summed E-state index contributed by atoms with van der Waals surface area (Å²) < 4.78 is 15.4. The maximum absolute atomic E-state index is 13.6. The molecule has 6 heteroatoms. The molecule has 1 heterocycles. The van der Waals surface area contributed by atoms with E-state index in [4.69, 9.17) is 5.84 Å². The van der Waals surface area contributed by atoms with Crippen LogP contribution in [0.15, 0.2) is 24.5 Å². The first-order valence-electron chi connectivity index (χ1n) is 6.24. The molecule has 1 unspecified atom stereocenters. The van der Waals surface area contributed by atoms with Crippen LogP contribution in [0.5, 0.6) is 0 Å². The third-order valence-corrected chi connectivity index (χ3v) is 3.18. The Hall–Kier alpha value is -1.79. The summed E-state index contributed by atoms with van der Waals surface area (Å²) >= 11 is 0. The lowest BCUT2D eigenvalue weighted by Gasteiger charge is -2.16. The standard InChI is InChI=1S/C13H18FN5/c1-3-19-13(16-8-17-19)7-12(18-15)10-5-4-9(2)11(14)6-10/h4-6,8,12,18H,3,7,15H2,1-2H3. The molecule has 0 aliphatic heterocycles. The van der Waals surface area contributed by atoms with E-state index in [0.29, 0.717) is 12.0 Å². The highest BCUT2D eigenvalue weighted by Gasteiger charge is 2.15. The molecule has 0 aliphatic rings. The van der Waals surface area contributed by atoms with Crippen LogP contribution in [0, 0.1) is 12.7 Å². The number of aromatic nitrogens is 3. The van der Waals surface area contributed by atoms with E-state index in [9.17, 15) is 4.39 Å². The fraction of sp³-hybridized carbons (Fsp3) is 0.385. The molecule has 1 aromatic heterocycles. The minimum absolute atomic E-state index is 0.190. The van der Waals surface area contributed by atoms with Gasteiger partial charge in [-0.25, -0.2) is 9.37 Å². The van der Waals surface area contributed by atoms with Crippen molar-refractivity contribution in [1.29, 1.82) is 0 Å². The molecule has 0 amide bonds. The van der Waals surface area contributed by atoms with Crippen LogP contribution >= 0.6 is 0 Å². The van der Waals surface area contributed by atoms with Gasteiger partial charge in [0.25, 0.3) is 0 Å². The molecule has 3 N–H and O–H groups in total. The number of hydrogen-bond donors (Lipinski definition) is 2. The van der Waals surface area contributed by atoms with E-state index < -0.39 is 0 Å². The summed E-state index contributed by atoms with van der Waals surface area (Å²) in [6.45, 7) is 4.47. The molecule has 5 nitrogen and oxygen atoms in total. The number of halogens is 1. The Balaban J connectivity index is 2.22. The van der Waals surface area contributed by atoms with Crippen LogP contribution in [-0.4, -0.2) is 14.8 Å². The molecule has 1 atom stereocenters. The van der Waals surface area contributed by atoms with Gasteiger partial charge in [-0.2, -0.15) is 5.10 Å². The molecular formula is C13H18FN5. The van der Waals surface area contributed by atoms with E-state index in [-0.39, 0.29) is 11.9 Å². The van der Waals surface area contributed by atoms with Crippen LogP contribution in [0.25, 0.3) is 0 Å². The molecular weight excluding hydrogens is 245 g/mol. The van der Waals surface area contributed by atoms with Gasteiger partial charge in [0, 0.05) is 13.0 Å². The molecule has 0 saturated carbocycles. The monoisotopic (exact) mass is 263 g/mol. The lowest BCUT2D eigenvalue weighted by Crippen LogP contribution is -2.30. The van der Waals surface area contributed by atoms with Crippen molar-refractivity contribution in [2.75, 3.05) is 0 Å². The van der Waals surface area contributed by atoms with Gasteiger partial charge in [-0.15, -0.1) is 0 Å². The van der Waals surface area contributed by atoms with E-state index in [1.54, 1.807) is 17.7 Å². The Labute approximate surface area is 111 Å². The Morgan fingerprint density at radius 2 is 2.26 bits per heavy atom. The van der Waals surface area contributed by atoms with Crippen molar-refractivity contribution in [3.8, 4) is 0 Å². The molecule has 2 aromatic rings. The van der Waals surface area contributed by atoms with Crippen LogP contribution < -0.4 is 11.3 Å². The summed E-state index contributed by atoms with van der Waals surface area (Å²) in [5, 5.41) is 4.11. The molecule has 19 heavy (non-hydrogen) atoms. The van der Waals surface area contributed by atoms with E-state index in [1.807, 2.05) is 13.0 Å². The summed E-state index contributed by atoms with van der Waals surface area (Å²) in [5.41, 5.74) is 4.13. The second kappa shape index (κ2) is 5.90. The number of benzene rings is 1. The lowest BCUT2D eigenvalue weighted by molar-refractivity contribution is 0.506. The van der Waals surface area contributed by atoms with E-state index in [1.165, 1.54) is 12.4 Å². The van der Waals surface area contributed by atoms with Crippen LogP contribution in [0.3, 0.4) is 0 Å². The third-order valence-electron chi connectivity index (χ3n) is 3.18. The second-order valence-corrected chi connectivity index (χ2v) is 4.42. The van der Waals surface area contributed by atoms with Gasteiger partial charge in [-0.3, -0.25) is 16.0 Å². The Morgan fingerprint density at radius 1 is 1.47 bits per heavy atom. The van der Waals surface area contributed by atoms with E-state index in [0.717, 1.165) is 17.9 Å². The minimum Gasteiger partial charge on any atom is -0.271 e. The summed E-state index contributed by atoms with van der Waals surface area (Å²) in [7, 11) is 0. The molecule has 0 bridgehead atoms.